The molecule has 0 spiro atoms. The largest absolute Gasteiger partial charge is 0.480 e. The summed E-state index contributed by atoms with van der Waals surface area (Å²) in [5, 5.41) is 24.1. The van der Waals surface area contributed by atoms with Crippen LogP contribution in [0.25, 0.3) is 5.69 Å². The van der Waals surface area contributed by atoms with Crippen molar-refractivity contribution in [2.24, 2.45) is 0 Å². The van der Waals surface area contributed by atoms with E-state index in [9.17, 15) is 19.7 Å². The van der Waals surface area contributed by atoms with Gasteiger partial charge < -0.3 is 10.0 Å². The van der Waals surface area contributed by atoms with Crippen molar-refractivity contribution >= 4 is 17.6 Å². The second-order valence-electron chi connectivity index (χ2n) is 5.42. The monoisotopic (exact) mass is 330 g/mol. The van der Waals surface area contributed by atoms with Crippen molar-refractivity contribution in [1.29, 1.82) is 0 Å². The van der Waals surface area contributed by atoms with Crippen molar-refractivity contribution in [2.75, 3.05) is 6.54 Å². The molecule has 9 heteroatoms. The summed E-state index contributed by atoms with van der Waals surface area (Å²) in [6.07, 6.45) is 2.57. The minimum absolute atomic E-state index is 0.0821. The topological polar surface area (TPSA) is 119 Å². The van der Waals surface area contributed by atoms with Gasteiger partial charge in [-0.05, 0) is 25.0 Å². The van der Waals surface area contributed by atoms with Gasteiger partial charge in [-0.1, -0.05) is 6.07 Å². The molecule has 1 aliphatic rings. The number of likely N-dealkylation sites (tertiary alicyclic amines) is 1. The first-order chi connectivity index (χ1) is 11.5. The quantitative estimate of drug-likeness (QED) is 0.670. The van der Waals surface area contributed by atoms with Crippen LogP contribution in [0.2, 0.25) is 0 Å². The van der Waals surface area contributed by atoms with Gasteiger partial charge in [0.15, 0.2) is 5.69 Å². The molecule has 1 N–H and O–H groups in total. The molecule has 1 amide bonds. The number of benzene rings is 1. The number of hydrogen-bond acceptors (Lipinski definition) is 5. The van der Waals surface area contributed by atoms with E-state index < -0.39 is 22.8 Å². The zero-order valence-corrected chi connectivity index (χ0v) is 12.5. The molecule has 1 aromatic carbocycles. The highest BCUT2D eigenvalue weighted by molar-refractivity contribution is 5.95. The number of nitro groups is 1. The molecule has 124 valence electrons. The summed E-state index contributed by atoms with van der Waals surface area (Å²) in [6.45, 7) is 0.374. The van der Waals surface area contributed by atoms with Gasteiger partial charge in [0, 0.05) is 24.9 Å². The molecule has 0 aliphatic carbocycles. The van der Waals surface area contributed by atoms with Gasteiger partial charge in [-0.2, -0.15) is 5.10 Å². The Labute approximate surface area is 136 Å². The highest BCUT2D eigenvalue weighted by Gasteiger charge is 2.35. The van der Waals surface area contributed by atoms with Crippen LogP contribution in [0.1, 0.15) is 23.3 Å². The van der Waals surface area contributed by atoms with E-state index >= 15 is 0 Å². The van der Waals surface area contributed by atoms with Gasteiger partial charge in [0.05, 0.1) is 10.6 Å². The molecule has 0 saturated carbocycles. The first-order valence-electron chi connectivity index (χ1n) is 7.31. The maximum Gasteiger partial charge on any atom is 0.326 e. The molecule has 1 atom stereocenters. The Bertz CT molecular complexity index is 816. The van der Waals surface area contributed by atoms with Gasteiger partial charge in [0.25, 0.3) is 11.6 Å². The van der Waals surface area contributed by atoms with Crippen molar-refractivity contribution < 1.29 is 19.6 Å². The fourth-order valence-corrected chi connectivity index (χ4v) is 2.74. The third-order valence-electron chi connectivity index (χ3n) is 3.91. The van der Waals surface area contributed by atoms with Crippen LogP contribution in [-0.4, -0.2) is 49.2 Å². The first kappa shape index (κ1) is 15.7. The van der Waals surface area contributed by atoms with Gasteiger partial charge in [0.1, 0.15) is 6.04 Å². The van der Waals surface area contributed by atoms with E-state index in [2.05, 4.69) is 5.10 Å². The Kier molecular flexibility index (Phi) is 3.98. The summed E-state index contributed by atoms with van der Waals surface area (Å²) in [7, 11) is 0. The number of aliphatic carboxylic acids is 1. The Hall–Kier alpha value is -3.23. The number of carboxylic acid groups (broad SMARTS) is 1. The van der Waals surface area contributed by atoms with E-state index in [0.717, 1.165) is 0 Å². The molecule has 1 saturated heterocycles. The number of nitro benzene ring substituents is 1. The molecule has 0 bridgehead atoms. The Morgan fingerprint density at radius 3 is 2.83 bits per heavy atom. The van der Waals surface area contributed by atoms with Crippen LogP contribution in [-0.2, 0) is 4.79 Å². The molecule has 2 heterocycles. The number of nitrogens with zero attached hydrogens (tertiary/aromatic N) is 4. The SMILES string of the molecule is O=C(O)C1CCCN1C(=O)c1ccn(-c2cccc([N+](=O)[O-])c2)n1. The minimum atomic E-state index is -1.03. The Morgan fingerprint density at radius 2 is 2.12 bits per heavy atom. The summed E-state index contributed by atoms with van der Waals surface area (Å²) in [4.78, 5) is 35.3. The second kappa shape index (κ2) is 6.11. The number of hydrogen-bond donors (Lipinski definition) is 1. The van der Waals surface area contributed by atoms with Crippen LogP contribution in [0.4, 0.5) is 5.69 Å². The summed E-state index contributed by atoms with van der Waals surface area (Å²) >= 11 is 0. The van der Waals surface area contributed by atoms with Crippen molar-refractivity contribution in [3.63, 3.8) is 0 Å². The molecule has 24 heavy (non-hydrogen) atoms. The van der Waals surface area contributed by atoms with Crippen molar-refractivity contribution in [1.82, 2.24) is 14.7 Å². The summed E-state index contributed by atoms with van der Waals surface area (Å²) in [5.74, 6) is -1.48. The van der Waals surface area contributed by atoms with Crippen LogP contribution in [0.5, 0.6) is 0 Å². The maximum atomic E-state index is 12.5. The number of rotatable bonds is 4. The van der Waals surface area contributed by atoms with Crippen molar-refractivity contribution in [2.45, 2.75) is 18.9 Å². The maximum absolute atomic E-state index is 12.5. The average Bonchev–Trinajstić information content (AvgIpc) is 3.23. The number of carbonyl (C=O) groups is 2. The molecule has 1 aromatic heterocycles. The van der Waals surface area contributed by atoms with E-state index in [1.54, 1.807) is 6.07 Å². The highest BCUT2D eigenvalue weighted by Crippen LogP contribution is 2.21. The van der Waals surface area contributed by atoms with E-state index in [0.29, 0.717) is 25.1 Å². The molecule has 2 aromatic rings. The number of carbonyl (C=O) groups excluding carboxylic acids is 1. The van der Waals surface area contributed by atoms with Gasteiger partial charge in [-0.15, -0.1) is 0 Å². The molecule has 1 aliphatic heterocycles. The van der Waals surface area contributed by atoms with E-state index in [-0.39, 0.29) is 11.4 Å². The third kappa shape index (κ3) is 2.83. The lowest BCUT2D eigenvalue weighted by atomic mass is 10.2. The normalized spacial score (nSPS) is 17.0. The highest BCUT2D eigenvalue weighted by atomic mass is 16.6. The smallest absolute Gasteiger partial charge is 0.326 e. The van der Waals surface area contributed by atoms with Gasteiger partial charge >= 0.3 is 5.97 Å². The predicted molar refractivity (Wildman–Crippen MR) is 81.9 cm³/mol. The first-order valence-corrected chi connectivity index (χ1v) is 7.31. The molecule has 0 radical (unpaired) electrons. The zero-order valence-electron chi connectivity index (χ0n) is 12.5. The fraction of sp³-hybridized carbons (Fsp3) is 0.267. The number of carboxylic acids is 1. The van der Waals surface area contributed by atoms with Gasteiger partial charge in [-0.25, -0.2) is 9.48 Å². The zero-order chi connectivity index (χ0) is 17.3. The Balaban J connectivity index is 1.85. The lowest BCUT2D eigenvalue weighted by Gasteiger charge is -2.20. The predicted octanol–water partition coefficient (Wildman–Crippen LogP) is 1.47. The lowest BCUT2D eigenvalue weighted by Crippen LogP contribution is -2.40. The minimum Gasteiger partial charge on any atom is -0.480 e. The summed E-state index contributed by atoms with van der Waals surface area (Å²) < 4.78 is 1.35. The number of non-ortho nitro benzene ring substituents is 1. The van der Waals surface area contributed by atoms with Crippen LogP contribution < -0.4 is 0 Å². The van der Waals surface area contributed by atoms with Crippen molar-refractivity contribution in [3.8, 4) is 5.69 Å². The summed E-state index contributed by atoms with van der Waals surface area (Å²) in [6, 6.07) is 6.50. The van der Waals surface area contributed by atoms with E-state index in [4.69, 9.17) is 5.11 Å². The number of amides is 1. The molecule has 1 fully saturated rings. The fourth-order valence-electron chi connectivity index (χ4n) is 2.74. The molecule has 3 rings (SSSR count). The van der Waals surface area contributed by atoms with Gasteiger partial charge in [-0.3, -0.25) is 14.9 Å². The summed E-state index contributed by atoms with van der Waals surface area (Å²) in [5.41, 5.74) is 0.468. The standard InChI is InChI=1S/C15H14N4O5/c20-14(17-7-2-5-13(17)15(21)22)12-6-8-18(16-12)10-3-1-4-11(9-10)19(23)24/h1,3-4,6,8-9,13H,2,5,7H2,(H,21,22). The van der Waals surface area contributed by atoms with Crippen LogP contribution >= 0.6 is 0 Å². The van der Waals surface area contributed by atoms with Crippen molar-refractivity contribution in [3.05, 3.63) is 52.3 Å². The average molecular weight is 330 g/mol. The Morgan fingerprint density at radius 1 is 1.33 bits per heavy atom. The number of aromatic nitrogens is 2. The van der Waals surface area contributed by atoms with E-state index in [1.165, 1.54) is 40.0 Å². The van der Waals surface area contributed by atoms with Crippen LogP contribution in [0.15, 0.2) is 36.5 Å². The van der Waals surface area contributed by atoms with Crippen LogP contribution in [0.3, 0.4) is 0 Å². The molecule has 9 nitrogen and oxygen atoms in total. The van der Waals surface area contributed by atoms with E-state index in [1.807, 2.05) is 0 Å². The molecule has 1 unspecified atom stereocenters. The molecular weight excluding hydrogens is 316 g/mol. The van der Waals surface area contributed by atoms with Crippen LogP contribution in [0, 0.1) is 10.1 Å². The molecular formula is C15H14N4O5. The lowest BCUT2D eigenvalue weighted by molar-refractivity contribution is -0.384. The van der Waals surface area contributed by atoms with Gasteiger partial charge in [0.2, 0.25) is 0 Å². The second-order valence-corrected chi connectivity index (χ2v) is 5.42. The third-order valence-corrected chi connectivity index (χ3v) is 3.91.